The lowest BCUT2D eigenvalue weighted by molar-refractivity contribution is 0.0694. The molecule has 0 atom stereocenters. The summed E-state index contributed by atoms with van der Waals surface area (Å²) in [5.74, 6) is -0.376. The van der Waals surface area contributed by atoms with Gasteiger partial charge in [0.05, 0.1) is 4.47 Å². The van der Waals surface area contributed by atoms with E-state index in [9.17, 15) is 4.79 Å². The van der Waals surface area contributed by atoms with Crippen molar-refractivity contribution in [1.29, 1.82) is 0 Å². The van der Waals surface area contributed by atoms with Crippen molar-refractivity contribution in [1.82, 2.24) is 4.98 Å². The van der Waals surface area contributed by atoms with Gasteiger partial charge < -0.3 is 9.84 Å². The molecule has 1 aromatic carbocycles. The monoisotopic (exact) mass is 307 g/mol. The lowest BCUT2D eigenvalue weighted by Gasteiger charge is -2.11. The first kappa shape index (κ1) is 12.6. The molecule has 0 aliphatic rings. The van der Waals surface area contributed by atoms with Gasteiger partial charge in [0.15, 0.2) is 0 Å². The zero-order valence-corrected chi connectivity index (χ0v) is 11.1. The number of nitrogens with zero attached hydrogens (tertiary/aromatic N) is 1. The Morgan fingerprint density at radius 3 is 2.78 bits per heavy atom. The second-order valence-corrected chi connectivity index (χ2v) is 4.50. The zero-order chi connectivity index (χ0) is 13.1. The van der Waals surface area contributed by atoms with E-state index < -0.39 is 5.97 Å². The van der Waals surface area contributed by atoms with Crippen molar-refractivity contribution in [2.45, 2.75) is 6.92 Å². The molecule has 0 radical (unpaired) electrons. The smallest absolute Gasteiger partial charge is 0.339 e. The Balaban J connectivity index is 2.46. The van der Waals surface area contributed by atoms with Gasteiger partial charge in [0.1, 0.15) is 11.3 Å². The summed E-state index contributed by atoms with van der Waals surface area (Å²) in [6.45, 7) is 1.79. The second-order valence-electron chi connectivity index (χ2n) is 3.65. The molecule has 0 saturated heterocycles. The molecular weight excluding hydrogens is 298 g/mol. The van der Waals surface area contributed by atoms with Crippen LogP contribution in [0.5, 0.6) is 11.6 Å². The minimum Gasteiger partial charge on any atom is -0.478 e. The molecule has 0 fully saturated rings. The summed E-state index contributed by atoms with van der Waals surface area (Å²) in [5.41, 5.74) is 0.861. The van der Waals surface area contributed by atoms with E-state index in [1.165, 1.54) is 6.07 Å². The molecule has 2 aromatic rings. The van der Waals surface area contributed by atoms with Crippen molar-refractivity contribution in [3.8, 4) is 11.6 Å². The summed E-state index contributed by atoms with van der Waals surface area (Å²) in [7, 11) is 0. The first-order chi connectivity index (χ1) is 8.59. The van der Waals surface area contributed by atoms with E-state index in [0.717, 1.165) is 5.56 Å². The molecule has 92 valence electrons. The van der Waals surface area contributed by atoms with Crippen LogP contribution in [-0.2, 0) is 0 Å². The Hall–Kier alpha value is -1.88. The maximum Gasteiger partial charge on any atom is 0.339 e. The maximum absolute atomic E-state index is 11.1. The van der Waals surface area contributed by atoms with Crippen molar-refractivity contribution in [2.75, 3.05) is 0 Å². The number of carboxylic acid groups (broad SMARTS) is 1. The predicted octanol–water partition coefficient (Wildman–Crippen LogP) is 3.64. The minimum atomic E-state index is -1.03. The standard InChI is InChI=1S/C13H10BrNO3/c1-8-4-2-5-9(13(16)17)11(8)18-12-10(14)6-3-7-15-12/h2-7H,1H3,(H,16,17). The summed E-state index contributed by atoms with van der Waals surface area (Å²) in [6, 6.07) is 8.51. The van der Waals surface area contributed by atoms with Crippen LogP contribution in [0.15, 0.2) is 41.0 Å². The molecule has 0 spiro atoms. The van der Waals surface area contributed by atoms with Gasteiger partial charge in [0.2, 0.25) is 5.88 Å². The van der Waals surface area contributed by atoms with E-state index >= 15 is 0 Å². The average molecular weight is 308 g/mol. The highest BCUT2D eigenvalue weighted by atomic mass is 79.9. The lowest BCUT2D eigenvalue weighted by Crippen LogP contribution is -2.02. The number of halogens is 1. The number of benzene rings is 1. The van der Waals surface area contributed by atoms with E-state index in [4.69, 9.17) is 9.84 Å². The van der Waals surface area contributed by atoms with Crippen LogP contribution < -0.4 is 4.74 Å². The Morgan fingerprint density at radius 2 is 2.11 bits per heavy atom. The van der Waals surface area contributed by atoms with E-state index in [2.05, 4.69) is 20.9 Å². The zero-order valence-electron chi connectivity index (χ0n) is 9.55. The number of para-hydroxylation sites is 1. The van der Waals surface area contributed by atoms with Crippen molar-refractivity contribution in [2.24, 2.45) is 0 Å². The van der Waals surface area contributed by atoms with E-state index in [1.807, 2.05) is 0 Å². The highest BCUT2D eigenvalue weighted by Crippen LogP contribution is 2.31. The van der Waals surface area contributed by atoms with E-state index in [-0.39, 0.29) is 5.56 Å². The third-order valence-corrected chi connectivity index (χ3v) is 2.97. The fraction of sp³-hybridized carbons (Fsp3) is 0.0769. The highest BCUT2D eigenvalue weighted by Gasteiger charge is 2.15. The van der Waals surface area contributed by atoms with Gasteiger partial charge in [0, 0.05) is 6.20 Å². The molecule has 1 heterocycles. The number of pyridine rings is 1. The number of ether oxygens (including phenoxy) is 1. The molecule has 5 heteroatoms. The molecule has 18 heavy (non-hydrogen) atoms. The summed E-state index contributed by atoms with van der Waals surface area (Å²) >= 11 is 3.30. The number of aryl methyl sites for hydroxylation is 1. The molecule has 4 nitrogen and oxygen atoms in total. The van der Waals surface area contributed by atoms with Crippen LogP contribution in [0, 0.1) is 6.92 Å². The molecular formula is C13H10BrNO3. The van der Waals surface area contributed by atoms with Crippen molar-refractivity contribution < 1.29 is 14.6 Å². The van der Waals surface area contributed by atoms with Gasteiger partial charge in [-0.1, -0.05) is 12.1 Å². The minimum absolute atomic E-state index is 0.118. The average Bonchev–Trinajstić information content (AvgIpc) is 2.34. The predicted molar refractivity (Wildman–Crippen MR) is 70.1 cm³/mol. The number of hydrogen-bond acceptors (Lipinski definition) is 3. The van der Waals surface area contributed by atoms with Gasteiger partial charge in [-0.2, -0.15) is 0 Å². The molecule has 0 unspecified atom stereocenters. The molecule has 0 aliphatic carbocycles. The molecule has 1 N–H and O–H groups in total. The van der Waals surface area contributed by atoms with Crippen molar-refractivity contribution in [3.63, 3.8) is 0 Å². The van der Waals surface area contributed by atoms with Crippen LogP contribution in [0.1, 0.15) is 15.9 Å². The number of aromatic carboxylic acids is 1. The van der Waals surface area contributed by atoms with Gasteiger partial charge >= 0.3 is 5.97 Å². The van der Waals surface area contributed by atoms with Crippen LogP contribution in [-0.4, -0.2) is 16.1 Å². The van der Waals surface area contributed by atoms with E-state index in [0.29, 0.717) is 16.1 Å². The van der Waals surface area contributed by atoms with Gasteiger partial charge in [-0.25, -0.2) is 9.78 Å². The van der Waals surface area contributed by atoms with Crippen LogP contribution >= 0.6 is 15.9 Å². The fourth-order valence-electron chi connectivity index (χ4n) is 1.50. The third kappa shape index (κ3) is 2.51. The first-order valence-corrected chi connectivity index (χ1v) is 6.00. The quantitative estimate of drug-likeness (QED) is 0.940. The number of rotatable bonds is 3. The third-order valence-electron chi connectivity index (χ3n) is 2.37. The number of carbonyl (C=O) groups is 1. The largest absolute Gasteiger partial charge is 0.478 e. The molecule has 0 aliphatic heterocycles. The first-order valence-electron chi connectivity index (χ1n) is 5.21. The Morgan fingerprint density at radius 1 is 1.33 bits per heavy atom. The number of hydrogen-bond donors (Lipinski definition) is 1. The summed E-state index contributed by atoms with van der Waals surface area (Å²) in [5, 5.41) is 9.13. The maximum atomic E-state index is 11.1. The van der Waals surface area contributed by atoms with Crippen LogP contribution in [0.25, 0.3) is 0 Å². The molecule has 1 aromatic heterocycles. The summed E-state index contributed by atoms with van der Waals surface area (Å²) in [6.07, 6.45) is 1.58. The normalized spacial score (nSPS) is 10.1. The molecule has 2 rings (SSSR count). The van der Waals surface area contributed by atoms with Crippen molar-refractivity contribution >= 4 is 21.9 Å². The van der Waals surface area contributed by atoms with Crippen LogP contribution in [0.4, 0.5) is 0 Å². The molecule has 0 bridgehead atoms. The van der Waals surface area contributed by atoms with E-state index in [1.54, 1.807) is 37.4 Å². The number of aromatic nitrogens is 1. The van der Waals surface area contributed by atoms with Gasteiger partial charge in [-0.05, 0) is 46.6 Å². The molecule has 0 amide bonds. The SMILES string of the molecule is Cc1cccc(C(=O)O)c1Oc1ncccc1Br. The number of carboxylic acids is 1. The Labute approximate surface area is 112 Å². The summed E-state index contributed by atoms with van der Waals surface area (Å²) in [4.78, 5) is 15.2. The topological polar surface area (TPSA) is 59.4 Å². The molecule has 0 saturated carbocycles. The Bertz CT molecular complexity index is 599. The Kier molecular flexibility index (Phi) is 3.62. The van der Waals surface area contributed by atoms with Crippen molar-refractivity contribution in [3.05, 3.63) is 52.1 Å². The second kappa shape index (κ2) is 5.18. The highest BCUT2D eigenvalue weighted by molar-refractivity contribution is 9.10. The van der Waals surface area contributed by atoms with Gasteiger partial charge in [0.25, 0.3) is 0 Å². The fourth-order valence-corrected chi connectivity index (χ4v) is 1.84. The lowest BCUT2D eigenvalue weighted by atomic mass is 10.1. The van der Waals surface area contributed by atoms with Gasteiger partial charge in [-0.15, -0.1) is 0 Å². The van der Waals surface area contributed by atoms with Crippen LogP contribution in [0.2, 0.25) is 0 Å². The van der Waals surface area contributed by atoms with Gasteiger partial charge in [-0.3, -0.25) is 0 Å². The summed E-state index contributed by atoms with van der Waals surface area (Å²) < 4.78 is 6.26. The van der Waals surface area contributed by atoms with Crippen LogP contribution in [0.3, 0.4) is 0 Å².